The van der Waals surface area contributed by atoms with Crippen molar-refractivity contribution in [2.24, 2.45) is 0 Å². The molecule has 0 saturated heterocycles. The topological polar surface area (TPSA) is 75.1 Å². The molecule has 0 N–H and O–H groups in total. The number of hydrogen-bond donors (Lipinski definition) is 0. The second kappa shape index (κ2) is 6.49. The van der Waals surface area contributed by atoms with E-state index in [1.54, 1.807) is 30.5 Å². The summed E-state index contributed by atoms with van der Waals surface area (Å²) in [5.41, 5.74) is 0.836. The number of ether oxygens (including phenoxy) is 1. The molecule has 2 aromatic heterocycles. The van der Waals surface area contributed by atoms with Crippen molar-refractivity contribution in [3.63, 3.8) is 0 Å². The molecular weight excluding hydrogens is 243 g/mol. The molecule has 5 nitrogen and oxygen atoms in total. The molecule has 6 heteroatoms. The van der Waals surface area contributed by atoms with Gasteiger partial charge in [-0.1, -0.05) is 6.07 Å². The van der Waals surface area contributed by atoms with Crippen LogP contribution in [0.25, 0.3) is 11.4 Å². The number of methoxy groups -OCH3 is 1. The van der Waals surface area contributed by atoms with Crippen LogP contribution in [0, 0.1) is 0 Å². The molecule has 0 fully saturated rings. The first-order chi connectivity index (χ1) is 8.20. The molecule has 0 bridgehead atoms. The van der Waals surface area contributed by atoms with Gasteiger partial charge < -0.3 is 14.6 Å². The van der Waals surface area contributed by atoms with Crippen LogP contribution in [0.3, 0.4) is 0 Å². The van der Waals surface area contributed by atoms with Gasteiger partial charge in [0.15, 0.2) is 0 Å². The van der Waals surface area contributed by atoms with E-state index in [1.165, 1.54) is 13.2 Å². The number of aromatic carboxylic acids is 1. The van der Waals surface area contributed by atoms with Gasteiger partial charge in [0.05, 0.1) is 30.2 Å². The van der Waals surface area contributed by atoms with Gasteiger partial charge in [-0.15, -0.1) is 0 Å². The standard InChI is InChI=1S/C12H10N2O3.Na/c1-17-8-6-10(9-4-2-3-5-13-9)14-11(7-8)12(15)16;/h2-7H,1H3,(H,15,16);/q;+1/p-1. The molecule has 0 atom stereocenters. The van der Waals surface area contributed by atoms with Gasteiger partial charge in [0.25, 0.3) is 0 Å². The number of carbonyl (C=O) groups excluding carboxylic acids is 1. The molecule has 0 saturated carbocycles. The number of carboxylic acids is 1. The number of hydrogen-bond acceptors (Lipinski definition) is 5. The van der Waals surface area contributed by atoms with Crippen molar-refractivity contribution < 1.29 is 44.2 Å². The SMILES string of the molecule is COc1cc(C(=O)[O-])nc(-c2ccccn2)c1.[Na+]. The van der Waals surface area contributed by atoms with E-state index in [9.17, 15) is 9.90 Å². The summed E-state index contributed by atoms with van der Waals surface area (Å²) in [6.07, 6.45) is 1.61. The predicted octanol–water partition coefficient (Wildman–Crippen LogP) is -2.48. The number of carboxylic acid groups (broad SMARTS) is 1. The Balaban J connectivity index is 0.00000162. The number of rotatable bonds is 3. The average molecular weight is 252 g/mol. The average Bonchev–Trinajstić information content (AvgIpc) is 2.39. The van der Waals surface area contributed by atoms with Gasteiger partial charge in [-0.3, -0.25) is 4.98 Å². The predicted molar refractivity (Wildman–Crippen MR) is 58.4 cm³/mol. The Bertz CT molecular complexity index is 546. The summed E-state index contributed by atoms with van der Waals surface area (Å²) in [5, 5.41) is 10.8. The molecule has 0 unspecified atom stereocenters. The molecule has 0 amide bonds. The number of pyridine rings is 2. The van der Waals surface area contributed by atoms with E-state index >= 15 is 0 Å². The molecule has 2 aromatic rings. The zero-order chi connectivity index (χ0) is 12.3. The Morgan fingerprint density at radius 1 is 1.28 bits per heavy atom. The van der Waals surface area contributed by atoms with Crippen LogP contribution in [-0.4, -0.2) is 23.0 Å². The van der Waals surface area contributed by atoms with E-state index in [-0.39, 0.29) is 35.3 Å². The van der Waals surface area contributed by atoms with Gasteiger partial charge in [-0.2, -0.15) is 0 Å². The largest absolute Gasteiger partial charge is 1.00 e. The molecule has 0 aliphatic carbocycles. The zero-order valence-corrected chi connectivity index (χ0v) is 12.1. The van der Waals surface area contributed by atoms with Crippen molar-refractivity contribution in [2.75, 3.05) is 7.11 Å². The third-order valence-electron chi connectivity index (χ3n) is 2.17. The summed E-state index contributed by atoms with van der Waals surface area (Å²) in [4.78, 5) is 18.8. The van der Waals surface area contributed by atoms with Crippen molar-refractivity contribution in [3.8, 4) is 17.1 Å². The van der Waals surface area contributed by atoms with Crippen LogP contribution in [0.5, 0.6) is 5.75 Å². The van der Waals surface area contributed by atoms with E-state index in [0.29, 0.717) is 17.1 Å². The quantitative estimate of drug-likeness (QED) is 0.565. The maximum Gasteiger partial charge on any atom is 1.00 e. The van der Waals surface area contributed by atoms with Crippen LogP contribution >= 0.6 is 0 Å². The molecule has 0 aromatic carbocycles. The molecule has 0 aliphatic rings. The molecule has 2 heterocycles. The molecular formula is C12H9N2NaO3. The Morgan fingerprint density at radius 3 is 2.61 bits per heavy atom. The van der Waals surface area contributed by atoms with E-state index in [1.807, 2.05) is 0 Å². The number of nitrogens with zero attached hydrogens (tertiary/aromatic N) is 2. The maximum absolute atomic E-state index is 10.8. The van der Waals surface area contributed by atoms with Crippen LogP contribution in [-0.2, 0) is 0 Å². The smallest absolute Gasteiger partial charge is 0.543 e. The molecule has 86 valence electrons. The van der Waals surface area contributed by atoms with Gasteiger partial charge in [0.1, 0.15) is 5.75 Å². The van der Waals surface area contributed by atoms with Crippen LogP contribution in [0.1, 0.15) is 10.5 Å². The fourth-order valence-electron chi connectivity index (χ4n) is 1.37. The molecule has 18 heavy (non-hydrogen) atoms. The Labute approximate surface area is 126 Å². The first-order valence-electron chi connectivity index (χ1n) is 4.89. The molecule has 0 aliphatic heterocycles. The maximum atomic E-state index is 10.8. The summed E-state index contributed by atoms with van der Waals surface area (Å²) in [6.45, 7) is 0. The first kappa shape index (κ1) is 14.6. The summed E-state index contributed by atoms with van der Waals surface area (Å²) in [7, 11) is 1.45. The summed E-state index contributed by atoms with van der Waals surface area (Å²) in [6, 6.07) is 8.23. The second-order valence-electron chi connectivity index (χ2n) is 3.28. The molecule has 0 radical (unpaired) electrons. The Kier molecular flexibility index (Phi) is 5.27. The van der Waals surface area contributed by atoms with Gasteiger partial charge in [-0.25, -0.2) is 4.98 Å². The van der Waals surface area contributed by atoms with E-state index in [4.69, 9.17) is 4.74 Å². The van der Waals surface area contributed by atoms with E-state index in [0.717, 1.165) is 0 Å². The summed E-state index contributed by atoms with van der Waals surface area (Å²) >= 11 is 0. The third-order valence-corrected chi connectivity index (χ3v) is 2.17. The summed E-state index contributed by atoms with van der Waals surface area (Å²) < 4.78 is 5.01. The minimum atomic E-state index is -1.35. The minimum absolute atomic E-state index is 0. The second-order valence-corrected chi connectivity index (χ2v) is 3.28. The van der Waals surface area contributed by atoms with Crippen molar-refractivity contribution in [2.45, 2.75) is 0 Å². The summed E-state index contributed by atoms with van der Waals surface area (Å²) in [5.74, 6) is -0.944. The van der Waals surface area contributed by atoms with Gasteiger partial charge >= 0.3 is 29.6 Å². The monoisotopic (exact) mass is 252 g/mol. The Hall–Kier alpha value is -1.43. The van der Waals surface area contributed by atoms with Gasteiger partial charge in [0.2, 0.25) is 0 Å². The Morgan fingerprint density at radius 2 is 2.06 bits per heavy atom. The number of carbonyl (C=O) groups is 1. The van der Waals surface area contributed by atoms with Crippen molar-refractivity contribution in [1.82, 2.24) is 9.97 Å². The van der Waals surface area contributed by atoms with Crippen molar-refractivity contribution in [3.05, 3.63) is 42.2 Å². The first-order valence-corrected chi connectivity index (χ1v) is 4.89. The van der Waals surface area contributed by atoms with E-state index < -0.39 is 5.97 Å². The van der Waals surface area contributed by atoms with Crippen LogP contribution < -0.4 is 39.4 Å². The fraction of sp³-hybridized carbons (Fsp3) is 0.0833. The van der Waals surface area contributed by atoms with Gasteiger partial charge in [-0.05, 0) is 12.1 Å². The third kappa shape index (κ3) is 3.29. The fourth-order valence-corrected chi connectivity index (χ4v) is 1.37. The zero-order valence-electron chi connectivity index (χ0n) is 10.1. The van der Waals surface area contributed by atoms with Crippen LogP contribution in [0.4, 0.5) is 0 Å². The van der Waals surface area contributed by atoms with E-state index in [2.05, 4.69) is 9.97 Å². The number of aromatic nitrogens is 2. The van der Waals surface area contributed by atoms with Crippen LogP contribution in [0.2, 0.25) is 0 Å². The van der Waals surface area contributed by atoms with Gasteiger partial charge in [0, 0.05) is 18.3 Å². The van der Waals surface area contributed by atoms with Crippen molar-refractivity contribution >= 4 is 5.97 Å². The minimum Gasteiger partial charge on any atom is -0.543 e. The van der Waals surface area contributed by atoms with Crippen molar-refractivity contribution in [1.29, 1.82) is 0 Å². The molecule has 0 spiro atoms. The molecule has 2 rings (SSSR count). The normalized spacial score (nSPS) is 9.39. The van der Waals surface area contributed by atoms with Crippen LogP contribution in [0.15, 0.2) is 36.5 Å².